The summed E-state index contributed by atoms with van der Waals surface area (Å²) in [6.45, 7) is 1.77. The Bertz CT molecular complexity index is 268. The number of likely N-dealkylation sites (tertiary alicyclic amines) is 1. The van der Waals surface area contributed by atoms with Gasteiger partial charge in [0.1, 0.15) is 5.84 Å². The summed E-state index contributed by atoms with van der Waals surface area (Å²) in [5.41, 5.74) is 5.50. The lowest BCUT2D eigenvalue weighted by Crippen LogP contribution is -2.41. The van der Waals surface area contributed by atoms with Gasteiger partial charge in [0, 0.05) is 18.9 Å². The average molecular weight is 253 g/mol. The van der Waals surface area contributed by atoms with E-state index in [1.807, 2.05) is 4.90 Å². The first-order valence-corrected chi connectivity index (χ1v) is 5.69. The molecule has 1 saturated heterocycles. The summed E-state index contributed by atoms with van der Waals surface area (Å²) in [4.78, 5) is 1.94. The molecule has 0 aromatic carbocycles. The molecule has 1 fully saturated rings. The van der Waals surface area contributed by atoms with E-state index in [4.69, 9.17) is 10.9 Å². The molecule has 1 rings (SSSR count). The van der Waals surface area contributed by atoms with Gasteiger partial charge in [-0.25, -0.2) is 0 Å². The van der Waals surface area contributed by atoms with Crippen molar-refractivity contribution in [2.24, 2.45) is 16.8 Å². The first-order valence-electron chi connectivity index (χ1n) is 5.69. The Morgan fingerprint density at radius 1 is 1.47 bits per heavy atom. The van der Waals surface area contributed by atoms with Gasteiger partial charge in [-0.3, -0.25) is 0 Å². The van der Waals surface area contributed by atoms with Crippen molar-refractivity contribution in [2.75, 3.05) is 19.6 Å². The fourth-order valence-electron chi connectivity index (χ4n) is 2.08. The Hall–Kier alpha value is -0.980. The number of amidine groups is 1. The van der Waals surface area contributed by atoms with Crippen molar-refractivity contribution in [1.82, 2.24) is 4.90 Å². The second kappa shape index (κ2) is 6.09. The predicted molar refractivity (Wildman–Crippen MR) is 57.9 cm³/mol. The molecule has 0 aliphatic carbocycles. The molecule has 0 aromatic rings. The van der Waals surface area contributed by atoms with Crippen LogP contribution < -0.4 is 5.73 Å². The zero-order valence-electron chi connectivity index (χ0n) is 9.58. The maximum absolute atomic E-state index is 12.0. The van der Waals surface area contributed by atoms with E-state index in [-0.39, 0.29) is 18.2 Å². The quantitative estimate of drug-likeness (QED) is 0.347. The fraction of sp³-hybridized carbons (Fsp3) is 0.900. The maximum atomic E-state index is 12.0. The highest BCUT2D eigenvalue weighted by molar-refractivity contribution is 5.82. The van der Waals surface area contributed by atoms with E-state index in [1.54, 1.807) is 0 Å². The topological polar surface area (TPSA) is 61.9 Å². The van der Waals surface area contributed by atoms with Crippen LogP contribution in [-0.2, 0) is 0 Å². The molecule has 7 heteroatoms. The minimum Gasteiger partial charge on any atom is -0.409 e. The van der Waals surface area contributed by atoms with E-state index in [2.05, 4.69) is 5.16 Å². The summed E-state index contributed by atoms with van der Waals surface area (Å²) < 4.78 is 35.9. The number of rotatable bonds is 4. The van der Waals surface area contributed by atoms with E-state index >= 15 is 0 Å². The van der Waals surface area contributed by atoms with Crippen LogP contribution in [0.25, 0.3) is 0 Å². The molecule has 0 radical (unpaired) electrons. The van der Waals surface area contributed by atoms with Crippen LogP contribution in [0.3, 0.4) is 0 Å². The molecule has 17 heavy (non-hydrogen) atoms. The molecule has 0 bridgehead atoms. The molecular formula is C10H18F3N3O. The third kappa shape index (κ3) is 5.25. The van der Waals surface area contributed by atoms with E-state index in [0.717, 1.165) is 19.4 Å². The van der Waals surface area contributed by atoms with Crippen LogP contribution >= 0.6 is 0 Å². The van der Waals surface area contributed by atoms with E-state index in [1.165, 1.54) is 0 Å². The van der Waals surface area contributed by atoms with Crippen LogP contribution in [-0.4, -0.2) is 41.8 Å². The molecule has 1 unspecified atom stereocenters. The number of piperidine rings is 1. The number of hydrogen-bond donors (Lipinski definition) is 2. The van der Waals surface area contributed by atoms with Crippen LogP contribution in [0.1, 0.15) is 25.7 Å². The smallest absolute Gasteiger partial charge is 0.389 e. The zero-order valence-corrected chi connectivity index (χ0v) is 9.58. The largest absolute Gasteiger partial charge is 0.409 e. The standard InChI is InChI=1S/C10H18F3N3O/c11-10(12,13)4-2-6-16-5-1-3-8(7-16)9(14)15-17/h8,17H,1-7H2,(H2,14,15). The highest BCUT2D eigenvalue weighted by Crippen LogP contribution is 2.22. The Labute approximate surface area is 98.3 Å². The first kappa shape index (κ1) is 14.1. The molecular weight excluding hydrogens is 235 g/mol. The highest BCUT2D eigenvalue weighted by Gasteiger charge is 2.28. The Morgan fingerprint density at radius 3 is 2.76 bits per heavy atom. The van der Waals surface area contributed by atoms with E-state index in [0.29, 0.717) is 13.1 Å². The molecule has 4 nitrogen and oxygen atoms in total. The van der Waals surface area contributed by atoms with Gasteiger partial charge in [0.25, 0.3) is 0 Å². The van der Waals surface area contributed by atoms with Crippen molar-refractivity contribution in [3.63, 3.8) is 0 Å². The summed E-state index contributed by atoms with van der Waals surface area (Å²) in [6, 6.07) is 0. The van der Waals surface area contributed by atoms with Crippen molar-refractivity contribution in [3.05, 3.63) is 0 Å². The molecule has 0 amide bonds. The molecule has 1 heterocycles. The van der Waals surface area contributed by atoms with Gasteiger partial charge < -0.3 is 15.8 Å². The third-order valence-corrected chi connectivity index (χ3v) is 2.97. The summed E-state index contributed by atoms with van der Waals surface area (Å²) >= 11 is 0. The molecule has 3 N–H and O–H groups in total. The van der Waals surface area contributed by atoms with Crippen LogP contribution in [0.15, 0.2) is 5.16 Å². The minimum absolute atomic E-state index is 0.0420. The van der Waals surface area contributed by atoms with Crippen LogP contribution in [0.5, 0.6) is 0 Å². The second-order valence-electron chi connectivity index (χ2n) is 4.38. The van der Waals surface area contributed by atoms with Crippen LogP contribution in [0.4, 0.5) is 13.2 Å². The minimum atomic E-state index is -4.08. The summed E-state index contributed by atoms with van der Waals surface area (Å²) in [7, 11) is 0. The Balaban J connectivity index is 2.30. The number of halogens is 3. The molecule has 0 aromatic heterocycles. The van der Waals surface area contributed by atoms with Gasteiger partial charge in [-0.1, -0.05) is 5.16 Å². The van der Waals surface area contributed by atoms with Crippen molar-refractivity contribution >= 4 is 5.84 Å². The van der Waals surface area contributed by atoms with Gasteiger partial charge in [0.15, 0.2) is 0 Å². The van der Waals surface area contributed by atoms with Crippen molar-refractivity contribution < 1.29 is 18.4 Å². The number of hydrogen-bond acceptors (Lipinski definition) is 3. The summed E-state index contributed by atoms with van der Waals surface area (Å²) in [5.74, 6) is 0.130. The average Bonchev–Trinajstić information content (AvgIpc) is 2.27. The predicted octanol–water partition coefficient (Wildman–Crippen LogP) is 1.79. The van der Waals surface area contributed by atoms with Gasteiger partial charge in [0.05, 0.1) is 0 Å². The first-order chi connectivity index (χ1) is 7.92. The molecule has 0 saturated carbocycles. The van der Waals surface area contributed by atoms with Crippen molar-refractivity contribution in [2.45, 2.75) is 31.9 Å². The monoisotopic (exact) mass is 253 g/mol. The summed E-state index contributed by atoms with van der Waals surface area (Å²) in [5, 5.41) is 11.5. The molecule has 0 spiro atoms. The second-order valence-corrected chi connectivity index (χ2v) is 4.38. The van der Waals surface area contributed by atoms with Gasteiger partial charge in [0.2, 0.25) is 0 Å². The zero-order chi connectivity index (χ0) is 12.9. The van der Waals surface area contributed by atoms with E-state index in [9.17, 15) is 13.2 Å². The lowest BCUT2D eigenvalue weighted by molar-refractivity contribution is -0.136. The summed E-state index contributed by atoms with van der Waals surface area (Å²) in [6.07, 6.45) is -3.04. The van der Waals surface area contributed by atoms with Crippen LogP contribution in [0.2, 0.25) is 0 Å². The lowest BCUT2D eigenvalue weighted by Gasteiger charge is -2.32. The normalized spacial score (nSPS) is 23.9. The Kier molecular flexibility index (Phi) is 5.04. The number of nitrogens with zero attached hydrogens (tertiary/aromatic N) is 2. The van der Waals surface area contributed by atoms with Gasteiger partial charge in [-0.15, -0.1) is 0 Å². The van der Waals surface area contributed by atoms with Crippen molar-refractivity contribution in [3.8, 4) is 0 Å². The highest BCUT2D eigenvalue weighted by atomic mass is 19.4. The molecule has 1 aliphatic heterocycles. The van der Waals surface area contributed by atoms with Gasteiger partial charge >= 0.3 is 6.18 Å². The SMILES string of the molecule is NC(=NO)C1CCCN(CCCC(F)(F)F)C1. The Morgan fingerprint density at radius 2 is 2.18 bits per heavy atom. The lowest BCUT2D eigenvalue weighted by atomic mass is 9.97. The van der Waals surface area contributed by atoms with Crippen molar-refractivity contribution in [1.29, 1.82) is 0 Å². The van der Waals surface area contributed by atoms with Gasteiger partial charge in [-0.05, 0) is 32.4 Å². The molecule has 100 valence electrons. The van der Waals surface area contributed by atoms with E-state index < -0.39 is 12.6 Å². The number of nitrogens with two attached hydrogens (primary N) is 1. The number of oxime groups is 1. The van der Waals surface area contributed by atoms with Crippen LogP contribution in [0, 0.1) is 5.92 Å². The third-order valence-electron chi connectivity index (χ3n) is 2.97. The maximum Gasteiger partial charge on any atom is 0.389 e. The fourth-order valence-corrected chi connectivity index (χ4v) is 2.08. The van der Waals surface area contributed by atoms with Gasteiger partial charge in [-0.2, -0.15) is 13.2 Å². The molecule has 1 atom stereocenters. The molecule has 1 aliphatic rings. The number of alkyl halides is 3.